The summed E-state index contributed by atoms with van der Waals surface area (Å²) in [6.45, 7) is 3.83. The van der Waals surface area contributed by atoms with E-state index >= 15 is 0 Å². The van der Waals surface area contributed by atoms with Crippen LogP contribution in [0.3, 0.4) is 0 Å². The summed E-state index contributed by atoms with van der Waals surface area (Å²) in [7, 11) is 1.57. The number of para-hydroxylation sites is 1. The molecular weight excluding hydrogens is 330 g/mol. The molecule has 136 valence electrons. The van der Waals surface area contributed by atoms with Crippen LogP contribution in [0.25, 0.3) is 6.08 Å². The smallest absolute Gasteiger partial charge is 0.331 e. The molecule has 0 saturated heterocycles. The van der Waals surface area contributed by atoms with Crippen LogP contribution in [0.15, 0.2) is 54.6 Å². The lowest BCUT2D eigenvalue weighted by atomic mass is 10.1. The second-order valence-electron chi connectivity index (χ2n) is 5.85. The summed E-state index contributed by atoms with van der Waals surface area (Å²) in [4.78, 5) is 24.0. The number of benzene rings is 2. The molecule has 1 N–H and O–H groups in total. The Hall–Kier alpha value is -3.08. The summed E-state index contributed by atoms with van der Waals surface area (Å²) < 4.78 is 10.4. The van der Waals surface area contributed by atoms with E-state index in [2.05, 4.69) is 5.32 Å². The minimum absolute atomic E-state index is 0.296. The van der Waals surface area contributed by atoms with Crippen molar-refractivity contribution in [2.45, 2.75) is 26.5 Å². The van der Waals surface area contributed by atoms with Gasteiger partial charge in [0, 0.05) is 18.2 Å². The predicted molar refractivity (Wildman–Crippen MR) is 101 cm³/mol. The molecule has 0 radical (unpaired) electrons. The summed E-state index contributed by atoms with van der Waals surface area (Å²) in [5.41, 5.74) is 2.88. The molecule has 2 aromatic carbocycles. The van der Waals surface area contributed by atoms with Crippen molar-refractivity contribution >= 4 is 18.0 Å². The van der Waals surface area contributed by atoms with Gasteiger partial charge in [-0.15, -0.1) is 0 Å². The summed E-state index contributed by atoms with van der Waals surface area (Å²) in [5.74, 6) is -0.239. The topological polar surface area (TPSA) is 64.6 Å². The fraction of sp³-hybridized carbons (Fsp3) is 0.238. The summed E-state index contributed by atoms with van der Waals surface area (Å²) in [6.07, 6.45) is 2.08. The standard InChI is InChI=1S/C21H23NO4/c1-15-8-10-17(11-9-15)12-13-20(23)26-16(2)21(24)22-14-18-6-4-5-7-19(18)25-3/h4-13,16H,14H2,1-3H3,(H,22,24)/b13-12+/t16-/m0/s1. The van der Waals surface area contributed by atoms with E-state index in [-0.39, 0.29) is 5.91 Å². The average molecular weight is 353 g/mol. The van der Waals surface area contributed by atoms with Crippen LogP contribution in [0.2, 0.25) is 0 Å². The van der Waals surface area contributed by atoms with Crippen molar-refractivity contribution < 1.29 is 19.1 Å². The van der Waals surface area contributed by atoms with Crippen LogP contribution in [-0.2, 0) is 20.9 Å². The number of amides is 1. The van der Waals surface area contributed by atoms with Gasteiger partial charge in [-0.3, -0.25) is 4.79 Å². The van der Waals surface area contributed by atoms with E-state index in [0.717, 1.165) is 16.7 Å². The molecule has 0 aliphatic carbocycles. The van der Waals surface area contributed by atoms with Gasteiger partial charge in [0.05, 0.1) is 7.11 Å². The van der Waals surface area contributed by atoms with Gasteiger partial charge in [-0.2, -0.15) is 0 Å². The number of hydrogen-bond donors (Lipinski definition) is 1. The Morgan fingerprint density at radius 3 is 2.50 bits per heavy atom. The molecule has 0 aliphatic heterocycles. The molecule has 0 fully saturated rings. The Balaban J connectivity index is 1.84. The molecule has 1 amide bonds. The first kappa shape index (κ1) is 19.2. The Morgan fingerprint density at radius 2 is 1.81 bits per heavy atom. The molecule has 0 aromatic heterocycles. The third-order valence-electron chi connectivity index (χ3n) is 3.80. The highest BCUT2D eigenvalue weighted by molar-refractivity contribution is 5.90. The van der Waals surface area contributed by atoms with Crippen molar-refractivity contribution in [1.29, 1.82) is 0 Å². The van der Waals surface area contributed by atoms with Crippen LogP contribution in [0.5, 0.6) is 5.75 Å². The van der Waals surface area contributed by atoms with E-state index in [4.69, 9.17) is 9.47 Å². The summed E-state index contributed by atoms with van der Waals surface area (Å²) in [6, 6.07) is 15.1. The Morgan fingerprint density at radius 1 is 1.12 bits per heavy atom. The lowest BCUT2D eigenvalue weighted by Gasteiger charge is -2.13. The molecule has 2 rings (SSSR count). The normalized spacial score (nSPS) is 11.8. The first-order chi connectivity index (χ1) is 12.5. The monoisotopic (exact) mass is 353 g/mol. The van der Waals surface area contributed by atoms with Gasteiger partial charge in [0.25, 0.3) is 5.91 Å². The molecule has 0 bridgehead atoms. The van der Waals surface area contributed by atoms with Crippen LogP contribution in [0, 0.1) is 6.92 Å². The third-order valence-corrected chi connectivity index (χ3v) is 3.80. The minimum Gasteiger partial charge on any atom is -0.496 e. The molecule has 0 unspecified atom stereocenters. The maximum Gasteiger partial charge on any atom is 0.331 e. The number of rotatable bonds is 7. The van der Waals surface area contributed by atoms with Gasteiger partial charge in [-0.1, -0.05) is 48.0 Å². The molecule has 0 aliphatic rings. The average Bonchev–Trinajstić information content (AvgIpc) is 2.65. The van der Waals surface area contributed by atoms with Crippen molar-refractivity contribution in [3.63, 3.8) is 0 Å². The molecule has 2 aromatic rings. The van der Waals surface area contributed by atoms with Gasteiger partial charge in [0.2, 0.25) is 0 Å². The van der Waals surface area contributed by atoms with Gasteiger partial charge in [0.1, 0.15) is 5.75 Å². The first-order valence-electron chi connectivity index (χ1n) is 8.34. The van der Waals surface area contributed by atoms with Crippen LogP contribution in [0.4, 0.5) is 0 Å². The zero-order valence-electron chi connectivity index (χ0n) is 15.2. The third kappa shape index (κ3) is 5.77. The van der Waals surface area contributed by atoms with Crippen molar-refractivity contribution in [2.24, 2.45) is 0 Å². The lowest BCUT2D eigenvalue weighted by Crippen LogP contribution is -2.35. The highest BCUT2D eigenvalue weighted by atomic mass is 16.5. The molecule has 5 heteroatoms. The summed E-state index contributed by atoms with van der Waals surface area (Å²) >= 11 is 0. The van der Waals surface area contributed by atoms with E-state index in [1.807, 2.05) is 55.5 Å². The number of nitrogens with one attached hydrogen (secondary N) is 1. The molecule has 5 nitrogen and oxygen atoms in total. The zero-order chi connectivity index (χ0) is 18.9. The van der Waals surface area contributed by atoms with E-state index in [0.29, 0.717) is 12.3 Å². The van der Waals surface area contributed by atoms with Gasteiger partial charge in [-0.05, 0) is 31.6 Å². The van der Waals surface area contributed by atoms with Crippen molar-refractivity contribution in [3.05, 3.63) is 71.3 Å². The van der Waals surface area contributed by atoms with Crippen LogP contribution in [-0.4, -0.2) is 25.1 Å². The van der Waals surface area contributed by atoms with E-state index < -0.39 is 12.1 Å². The minimum atomic E-state index is -0.889. The van der Waals surface area contributed by atoms with Gasteiger partial charge >= 0.3 is 5.97 Å². The van der Waals surface area contributed by atoms with Gasteiger partial charge in [-0.25, -0.2) is 4.79 Å². The van der Waals surface area contributed by atoms with Crippen molar-refractivity contribution in [2.75, 3.05) is 7.11 Å². The van der Waals surface area contributed by atoms with E-state index in [1.165, 1.54) is 13.0 Å². The predicted octanol–water partition coefficient (Wildman–Crippen LogP) is 3.26. The number of esters is 1. The largest absolute Gasteiger partial charge is 0.496 e. The SMILES string of the molecule is COc1ccccc1CNC(=O)[C@H](C)OC(=O)/C=C/c1ccc(C)cc1. The van der Waals surface area contributed by atoms with Crippen molar-refractivity contribution in [3.8, 4) is 5.75 Å². The van der Waals surface area contributed by atoms with Gasteiger partial charge < -0.3 is 14.8 Å². The molecule has 1 atom stereocenters. The fourth-order valence-electron chi connectivity index (χ4n) is 2.28. The van der Waals surface area contributed by atoms with Crippen LogP contribution >= 0.6 is 0 Å². The molecule has 0 spiro atoms. The quantitative estimate of drug-likeness (QED) is 0.613. The lowest BCUT2D eigenvalue weighted by molar-refractivity contribution is -0.150. The van der Waals surface area contributed by atoms with E-state index in [1.54, 1.807) is 13.2 Å². The number of hydrogen-bond acceptors (Lipinski definition) is 4. The number of ether oxygens (including phenoxy) is 2. The highest BCUT2D eigenvalue weighted by Gasteiger charge is 2.16. The van der Waals surface area contributed by atoms with Crippen LogP contribution < -0.4 is 10.1 Å². The molecule has 0 heterocycles. The number of carbonyl (C=O) groups is 2. The number of aryl methyl sites for hydroxylation is 1. The van der Waals surface area contributed by atoms with E-state index in [9.17, 15) is 9.59 Å². The highest BCUT2D eigenvalue weighted by Crippen LogP contribution is 2.16. The summed E-state index contributed by atoms with van der Waals surface area (Å²) in [5, 5.41) is 2.74. The van der Waals surface area contributed by atoms with Gasteiger partial charge in [0.15, 0.2) is 6.10 Å². The maximum absolute atomic E-state index is 12.1. The van der Waals surface area contributed by atoms with Crippen LogP contribution in [0.1, 0.15) is 23.6 Å². The maximum atomic E-state index is 12.1. The number of carbonyl (C=O) groups excluding carboxylic acids is 2. The Labute approximate surface area is 153 Å². The Bertz CT molecular complexity index is 781. The fourth-order valence-corrected chi connectivity index (χ4v) is 2.28. The molecule has 0 saturated carbocycles. The Kier molecular flexibility index (Phi) is 6.97. The first-order valence-corrected chi connectivity index (χ1v) is 8.34. The second kappa shape index (κ2) is 9.42. The molecular formula is C21H23NO4. The zero-order valence-corrected chi connectivity index (χ0v) is 15.2. The second-order valence-corrected chi connectivity index (χ2v) is 5.85. The number of methoxy groups -OCH3 is 1. The van der Waals surface area contributed by atoms with Crippen molar-refractivity contribution in [1.82, 2.24) is 5.32 Å². The molecule has 26 heavy (non-hydrogen) atoms.